The molecule has 0 amide bonds. The van der Waals surface area contributed by atoms with Crippen LogP contribution in [0.15, 0.2) is 60.7 Å². The van der Waals surface area contributed by atoms with Crippen LogP contribution in [0, 0.1) is 5.92 Å². The molecule has 3 heteroatoms. The number of hydrogen-bond donors (Lipinski definition) is 1. The van der Waals surface area contributed by atoms with Crippen LogP contribution in [0.4, 0.5) is 0 Å². The van der Waals surface area contributed by atoms with Gasteiger partial charge in [-0.1, -0.05) is 36.4 Å². The van der Waals surface area contributed by atoms with E-state index in [1.807, 2.05) is 18.2 Å². The van der Waals surface area contributed by atoms with Gasteiger partial charge in [-0.15, -0.1) is 0 Å². The van der Waals surface area contributed by atoms with Crippen LogP contribution in [0.2, 0.25) is 0 Å². The van der Waals surface area contributed by atoms with E-state index < -0.39 is 0 Å². The van der Waals surface area contributed by atoms with Crippen molar-refractivity contribution in [1.29, 1.82) is 0 Å². The van der Waals surface area contributed by atoms with Crippen molar-refractivity contribution in [1.82, 2.24) is 9.88 Å². The van der Waals surface area contributed by atoms with Crippen molar-refractivity contribution in [2.24, 2.45) is 5.92 Å². The lowest BCUT2D eigenvalue weighted by molar-refractivity contribution is 0.340. The summed E-state index contributed by atoms with van der Waals surface area (Å²) in [7, 11) is 4.20. The first kappa shape index (κ1) is 15.9. The first-order valence-electron chi connectivity index (χ1n) is 8.63. The molecule has 1 heterocycles. The van der Waals surface area contributed by atoms with Gasteiger partial charge in [0.15, 0.2) is 0 Å². The van der Waals surface area contributed by atoms with Crippen molar-refractivity contribution >= 4 is 17.0 Å². The van der Waals surface area contributed by atoms with Crippen LogP contribution in [-0.4, -0.2) is 35.6 Å². The summed E-state index contributed by atoms with van der Waals surface area (Å²) in [4.78, 5) is 7.08. The Labute approximate surface area is 148 Å². The predicted octanol–water partition coefficient (Wildman–Crippen LogP) is 4.28. The average molecular weight is 330 g/mol. The molecule has 3 aromatic rings. The first-order valence-corrected chi connectivity index (χ1v) is 8.63. The maximum absolute atomic E-state index is 9.99. The maximum atomic E-state index is 9.99. The van der Waals surface area contributed by atoms with E-state index in [4.69, 9.17) is 4.98 Å². The molecule has 2 aromatic carbocycles. The average Bonchev–Trinajstić information content (AvgIpc) is 2.59. The van der Waals surface area contributed by atoms with Gasteiger partial charge >= 0.3 is 0 Å². The number of pyridine rings is 1. The highest BCUT2D eigenvalue weighted by molar-refractivity contribution is 5.82. The Kier molecular flexibility index (Phi) is 4.02. The summed E-state index contributed by atoms with van der Waals surface area (Å²) in [5.74, 6) is 0.838. The second kappa shape index (κ2) is 6.34. The van der Waals surface area contributed by atoms with Gasteiger partial charge in [0.1, 0.15) is 5.75 Å². The van der Waals surface area contributed by atoms with Gasteiger partial charge in [-0.2, -0.15) is 0 Å². The fraction of sp³-hybridized carbons (Fsp3) is 0.227. The molecule has 1 aliphatic carbocycles. The zero-order valence-electron chi connectivity index (χ0n) is 14.6. The molecular formula is C22H22N2O. The summed E-state index contributed by atoms with van der Waals surface area (Å²) < 4.78 is 0. The molecule has 1 aromatic heterocycles. The molecule has 2 atom stereocenters. The zero-order chi connectivity index (χ0) is 17.4. The molecule has 0 fully saturated rings. The monoisotopic (exact) mass is 330 g/mol. The molecule has 126 valence electrons. The van der Waals surface area contributed by atoms with Gasteiger partial charge in [0.25, 0.3) is 0 Å². The SMILES string of the molecule is CN(C)CC1C=Cc2nc3ccccc3cc2C1c1cccc(O)c1. The number of hydrogen-bond acceptors (Lipinski definition) is 3. The molecule has 0 radical (unpaired) electrons. The lowest BCUT2D eigenvalue weighted by Gasteiger charge is -2.32. The fourth-order valence-electron chi connectivity index (χ4n) is 3.82. The Hall–Kier alpha value is -2.65. The van der Waals surface area contributed by atoms with Crippen LogP contribution in [0.1, 0.15) is 22.7 Å². The van der Waals surface area contributed by atoms with Crippen LogP contribution in [-0.2, 0) is 0 Å². The largest absolute Gasteiger partial charge is 0.508 e. The van der Waals surface area contributed by atoms with Gasteiger partial charge in [-0.25, -0.2) is 4.98 Å². The van der Waals surface area contributed by atoms with Gasteiger partial charge in [-0.3, -0.25) is 0 Å². The van der Waals surface area contributed by atoms with E-state index in [0.29, 0.717) is 11.7 Å². The van der Waals surface area contributed by atoms with Crippen molar-refractivity contribution < 1.29 is 5.11 Å². The Morgan fingerprint density at radius 3 is 2.68 bits per heavy atom. The number of fused-ring (bicyclic) bond motifs is 2. The van der Waals surface area contributed by atoms with Crippen molar-refractivity contribution in [3.05, 3.63) is 77.5 Å². The van der Waals surface area contributed by atoms with Crippen molar-refractivity contribution in [3.8, 4) is 5.75 Å². The standard InChI is InChI=1S/C22H22N2O/c1-24(2)14-17-10-11-21-19(13-15-6-3-4-9-20(15)23-21)22(17)16-7-5-8-18(25)12-16/h3-13,17,22,25H,14H2,1-2H3. The van der Waals surface area contributed by atoms with Crippen LogP contribution in [0.25, 0.3) is 17.0 Å². The van der Waals surface area contributed by atoms with Crippen molar-refractivity contribution in [2.75, 3.05) is 20.6 Å². The molecule has 25 heavy (non-hydrogen) atoms. The number of aromatic nitrogens is 1. The van der Waals surface area contributed by atoms with Gasteiger partial charge in [0.2, 0.25) is 0 Å². The Morgan fingerprint density at radius 1 is 1.04 bits per heavy atom. The van der Waals surface area contributed by atoms with Crippen molar-refractivity contribution in [2.45, 2.75) is 5.92 Å². The minimum absolute atomic E-state index is 0.187. The van der Waals surface area contributed by atoms with E-state index in [-0.39, 0.29) is 5.92 Å². The second-order valence-electron chi connectivity index (χ2n) is 7.01. The lowest BCUT2D eigenvalue weighted by atomic mass is 9.76. The number of phenolic OH excluding ortho intramolecular Hbond substituents is 1. The van der Waals surface area contributed by atoms with Gasteiger partial charge in [0, 0.05) is 23.8 Å². The molecule has 1 aliphatic rings. The molecule has 3 nitrogen and oxygen atoms in total. The molecule has 0 saturated carbocycles. The molecular weight excluding hydrogens is 308 g/mol. The highest BCUT2D eigenvalue weighted by Gasteiger charge is 2.29. The summed E-state index contributed by atoms with van der Waals surface area (Å²) >= 11 is 0. The summed E-state index contributed by atoms with van der Waals surface area (Å²) in [6.45, 7) is 0.948. The third-order valence-corrected chi connectivity index (χ3v) is 4.85. The fourth-order valence-corrected chi connectivity index (χ4v) is 3.82. The third kappa shape index (κ3) is 3.03. The number of nitrogens with zero attached hydrogens (tertiary/aromatic N) is 2. The van der Waals surface area contributed by atoms with E-state index in [0.717, 1.165) is 28.7 Å². The molecule has 0 spiro atoms. The second-order valence-corrected chi connectivity index (χ2v) is 7.01. The van der Waals surface area contributed by atoms with Crippen LogP contribution in [0.3, 0.4) is 0 Å². The zero-order valence-corrected chi connectivity index (χ0v) is 14.6. The van der Waals surface area contributed by atoms with E-state index >= 15 is 0 Å². The Morgan fingerprint density at radius 2 is 1.88 bits per heavy atom. The predicted molar refractivity (Wildman–Crippen MR) is 103 cm³/mol. The maximum Gasteiger partial charge on any atom is 0.115 e. The van der Waals surface area contributed by atoms with E-state index in [1.165, 1.54) is 5.56 Å². The number of phenols is 1. The minimum atomic E-state index is 0.187. The molecule has 0 aliphatic heterocycles. The smallest absolute Gasteiger partial charge is 0.115 e. The van der Waals surface area contributed by atoms with Crippen LogP contribution in [0.5, 0.6) is 5.75 Å². The first-order chi connectivity index (χ1) is 12.1. The highest BCUT2D eigenvalue weighted by atomic mass is 16.3. The minimum Gasteiger partial charge on any atom is -0.508 e. The number of para-hydroxylation sites is 1. The lowest BCUT2D eigenvalue weighted by Crippen LogP contribution is -2.28. The summed E-state index contributed by atoms with van der Waals surface area (Å²) in [5.41, 5.74) is 4.42. The number of rotatable bonds is 3. The van der Waals surface area contributed by atoms with Crippen LogP contribution >= 0.6 is 0 Å². The quantitative estimate of drug-likeness (QED) is 0.779. The molecule has 0 bridgehead atoms. The Balaban J connectivity index is 1.90. The molecule has 2 unspecified atom stereocenters. The molecule has 0 saturated heterocycles. The molecule has 4 rings (SSSR count). The summed E-state index contributed by atoms with van der Waals surface area (Å²) in [6, 6.07) is 18.1. The van der Waals surface area contributed by atoms with Gasteiger partial charge < -0.3 is 10.0 Å². The normalized spacial score (nSPS) is 19.3. The number of aromatic hydroxyl groups is 1. The van der Waals surface area contributed by atoms with E-state index in [2.05, 4.69) is 61.5 Å². The highest BCUT2D eigenvalue weighted by Crippen LogP contribution is 2.40. The third-order valence-electron chi connectivity index (χ3n) is 4.85. The van der Waals surface area contributed by atoms with E-state index in [9.17, 15) is 5.11 Å². The molecule has 1 N–H and O–H groups in total. The van der Waals surface area contributed by atoms with Gasteiger partial charge in [-0.05, 0) is 55.6 Å². The summed E-state index contributed by atoms with van der Waals surface area (Å²) in [5, 5.41) is 11.1. The van der Waals surface area contributed by atoms with Crippen molar-refractivity contribution in [3.63, 3.8) is 0 Å². The summed E-state index contributed by atoms with van der Waals surface area (Å²) in [6.07, 6.45) is 4.41. The Bertz CT molecular complexity index is 946. The van der Waals surface area contributed by atoms with Gasteiger partial charge in [0.05, 0.1) is 11.2 Å². The topological polar surface area (TPSA) is 36.4 Å². The van der Waals surface area contributed by atoms with Crippen LogP contribution < -0.4 is 0 Å². The number of benzene rings is 2. The van der Waals surface area contributed by atoms with E-state index in [1.54, 1.807) is 6.07 Å².